The summed E-state index contributed by atoms with van der Waals surface area (Å²) < 4.78 is 13.0. The quantitative estimate of drug-likeness (QED) is 0.290. The van der Waals surface area contributed by atoms with Gasteiger partial charge in [0.2, 0.25) is 5.83 Å². The van der Waals surface area contributed by atoms with Gasteiger partial charge in [-0.2, -0.15) is 4.39 Å². The Hall–Kier alpha value is -2.75. The molecule has 32 heavy (non-hydrogen) atoms. The highest BCUT2D eigenvalue weighted by atomic mass is 35.5. The van der Waals surface area contributed by atoms with Gasteiger partial charge in [0.05, 0.1) is 10.6 Å². The van der Waals surface area contributed by atoms with Gasteiger partial charge < -0.3 is 15.3 Å². The zero-order chi connectivity index (χ0) is 21.5. The first-order chi connectivity index (χ1) is 14.4. The molecule has 3 aromatic heterocycles. The summed E-state index contributed by atoms with van der Waals surface area (Å²) in [6.07, 6.45) is 5.58. The zero-order valence-corrected chi connectivity index (χ0v) is 19.9. The van der Waals surface area contributed by atoms with Crippen LogP contribution in [-0.2, 0) is 4.79 Å². The number of halogens is 3. The van der Waals surface area contributed by atoms with E-state index in [0.717, 1.165) is 33.2 Å². The number of unbranched alkanes of at least 4 members (excludes halogenated alkanes) is 1. The summed E-state index contributed by atoms with van der Waals surface area (Å²) in [4.78, 5) is 26.7. The summed E-state index contributed by atoms with van der Waals surface area (Å²) >= 11 is 1.51. The number of hydrogen-bond donors (Lipinski definition) is 2. The Kier molecular flexibility index (Phi) is 11.0. The van der Waals surface area contributed by atoms with Crippen LogP contribution in [0, 0.1) is 6.92 Å². The number of nitrogens with zero attached hydrogens (tertiary/aromatic N) is 4. The van der Waals surface area contributed by atoms with Crippen molar-refractivity contribution < 1.29 is 14.3 Å². The SMILES string of the molecule is Cc1ccnc(Nc2cccc(-c3cnc(N(C)CCCC=C(F)C(=O)O)s3)n2)c1.Cl.Cl. The van der Waals surface area contributed by atoms with Crippen LogP contribution >= 0.6 is 36.2 Å². The Labute approximate surface area is 202 Å². The fourth-order valence-electron chi connectivity index (χ4n) is 2.68. The van der Waals surface area contributed by atoms with Gasteiger partial charge in [-0.15, -0.1) is 24.8 Å². The maximum Gasteiger partial charge on any atom is 0.364 e. The fourth-order valence-corrected chi connectivity index (χ4v) is 3.55. The van der Waals surface area contributed by atoms with E-state index in [1.807, 2.05) is 49.2 Å². The average Bonchev–Trinajstić information content (AvgIpc) is 3.21. The first-order valence-electron chi connectivity index (χ1n) is 9.35. The van der Waals surface area contributed by atoms with Crippen molar-refractivity contribution in [1.82, 2.24) is 15.0 Å². The van der Waals surface area contributed by atoms with Crippen molar-refractivity contribution in [3.05, 3.63) is 60.2 Å². The summed E-state index contributed by atoms with van der Waals surface area (Å²) in [5.74, 6) is -1.22. The second kappa shape index (κ2) is 12.9. The molecule has 0 amide bonds. The van der Waals surface area contributed by atoms with Crippen LogP contribution < -0.4 is 10.2 Å². The monoisotopic (exact) mass is 499 g/mol. The van der Waals surface area contributed by atoms with Crippen LogP contribution in [0.5, 0.6) is 0 Å². The van der Waals surface area contributed by atoms with Crippen LogP contribution in [0.25, 0.3) is 10.6 Å². The molecule has 3 aromatic rings. The second-order valence-corrected chi connectivity index (χ2v) is 7.69. The number of aliphatic carboxylic acids is 1. The van der Waals surface area contributed by atoms with Gasteiger partial charge in [-0.05, 0) is 55.7 Å². The lowest BCUT2D eigenvalue weighted by molar-refractivity contribution is -0.134. The third-order valence-electron chi connectivity index (χ3n) is 4.22. The number of nitrogens with one attached hydrogen (secondary N) is 1. The van der Waals surface area contributed by atoms with Gasteiger partial charge in [0.15, 0.2) is 5.13 Å². The molecule has 0 radical (unpaired) electrons. The molecule has 0 aromatic carbocycles. The minimum Gasteiger partial charge on any atom is -0.476 e. The Morgan fingerprint density at radius 2 is 2.03 bits per heavy atom. The third kappa shape index (κ3) is 7.74. The van der Waals surface area contributed by atoms with E-state index in [1.165, 1.54) is 11.3 Å². The largest absolute Gasteiger partial charge is 0.476 e. The molecule has 11 heteroatoms. The van der Waals surface area contributed by atoms with Crippen molar-refractivity contribution in [1.29, 1.82) is 0 Å². The molecule has 2 N–H and O–H groups in total. The number of aromatic nitrogens is 3. The molecule has 172 valence electrons. The molecule has 3 rings (SSSR count). The lowest BCUT2D eigenvalue weighted by atomic mass is 10.2. The Balaban J connectivity index is 0.00000256. The molecule has 0 saturated heterocycles. The average molecular weight is 500 g/mol. The number of carbonyl (C=O) groups is 1. The van der Waals surface area contributed by atoms with Gasteiger partial charge in [-0.25, -0.2) is 19.7 Å². The predicted molar refractivity (Wildman–Crippen MR) is 131 cm³/mol. The molecule has 3 heterocycles. The number of pyridine rings is 2. The first-order valence-corrected chi connectivity index (χ1v) is 10.2. The van der Waals surface area contributed by atoms with E-state index in [1.54, 1.807) is 12.4 Å². The number of carboxylic acid groups (broad SMARTS) is 1. The van der Waals surface area contributed by atoms with Crippen LogP contribution in [0.4, 0.5) is 21.2 Å². The van der Waals surface area contributed by atoms with E-state index in [9.17, 15) is 9.18 Å². The molecular formula is C21H24Cl2FN5O2S. The van der Waals surface area contributed by atoms with E-state index < -0.39 is 11.8 Å². The van der Waals surface area contributed by atoms with Gasteiger partial charge in [0, 0.05) is 26.0 Å². The summed E-state index contributed by atoms with van der Waals surface area (Å²) in [6.45, 7) is 2.63. The standard InChI is InChI=1S/C21H22FN5O2S.2ClH/c1-14-9-10-23-19(12-14)26-18-8-5-7-16(25-18)17-13-24-21(30-17)27(2)11-4-3-6-15(22)20(28)29;;/h5-10,12-13H,3-4,11H2,1-2H3,(H,28,29)(H,23,25,26);2*1H. The lowest BCUT2D eigenvalue weighted by Crippen LogP contribution is -2.17. The van der Waals surface area contributed by atoms with Gasteiger partial charge in [0.25, 0.3) is 0 Å². The summed E-state index contributed by atoms with van der Waals surface area (Å²) in [6, 6.07) is 9.61. The molecule has 0 bridgehead atoms. The van der Waals surface area contributed by atoms with Crippen molar-refractivity contribution in [3.8, 4) is 10.6 Å². The summed E-state index contributed by atoms with van der Waals surface area (Å²) in [5.41, 5.74) is 1.91. The first kappa shape index (κ1) is 27.3. The van der Waals surface area contributed by atoms with Crippen molar-refractivity contribution in [2.24, 2.45) is 0 Å². The maximum absolute atomic E-state index is 13.0. The lowest BCUT2D eigenvalue weighted by Gasteiger charge is -2.14. The Morgan fingerprint density at radius 1 is 1.25 bits per heavy atom. The van der Waals surface area contributed by atoms with Crippen LogP contribution in [0.15, 0.2) is 54.6 Å². The van der Waals surface area contributed by atoms with Gasteiger partial charge in [-0.3, -0.25) is 0 Å². The Bertz CT molecular complexity index is 1060. The van der Waals surface area contributed by atoms with Crippen LogP contribution in [0.1, 0.15) is 18.4 Å². The fraction of sp³-hybridized carbons (Fsp3) is 0.238. The molecule has 0 saturated carbocycles. The van der Waals surface area contributed by atoms with E-state index in [0.29, 0.717) is 25.2 Å². The van der Waals surface area contributed by atoms with Crippen molar-refractivity contribution in [2.75, 3.05) is 23.8 Å². The topological polar surface area (TPSA) is 91.2 Å². The molecule has 0 spiro atoms. The predicted octanol–water partition coefficient (Wildman–Crippen LogP) is 5.65. The second-order valence-electron chi connectivity index (χ2n) is 6.68. The molecule has 0 aliphatic carbocycles. The number of carboxylic acids is 1. The van der Waals surface area contributed by atoms with Crippen molar-refractivity contribution in [3.63, 3.8) is 0 Å². The van der Waals surface area contributed by atoms with Crippen LogP contribution in [0.3, 0.4) is 0 Å². The van der Waals surface area contributed by atoms with Crippen molar-refractivity contribution in [2.45, 2.75) is 19.8 Å². The highest BCUT2D eigenvalue weighted by Gasteiger charge is 2.11. The summed E-state index contributed by atoms with van der Waals surface area (Å²) in [7, 11) is 1.90. The van der Waals surface area contributed by atoms with E-state index in [4.69, 9.17) is 5.11 Å². The normalized spacial score (nSPS) is 10.7. The smallest absolute Gasteiger partial charge is 0.364 e. The van der Waals surface area contributed by atoms with Gasteiger partial charge >= 0.3 is 5.97 Å². The van der Waals surface area contributed by atoms with Crippen LogP contribution in [-0.4, -0.2) is 39.6 Å². The number of aryl methyl sites for hydroxylation is 1. The molecule has 0 aliphatic rings. The molecular weight excluding hydrogens is 476 g/mol. The number of rotatable bonds is 9. The van der Waals surface area contributed by atoms with Crippen LogP contribution in [0.2, 0.25) is 0 Å². The molecule has 7 nitrogen and oxygen atoms in total. The highest BCUT2D eigenvalue weighted by molar-refractivity contribution is 7.18. The number of anilines is 3. The Morgan fingerprint density at radius 3 is 2.75 bits per heavy atom. The minimum atomic E-state index is -1.53. The summed E-state index contributed by atoms with van der Waals surface area (Å²) in [5, 5.41) is 12.5. The molecule has 0 unspecified atom stereocenters. The van der Waals surface area contributed by atoms with E-state index in [-0.39, 0.29) is 24.8 Å². The number of hydrogen-bond acceptors (Lipinski definition) is 7. The number of thiazole rings is 1. The molecule has 0 aliphatic heterocycles. The molecule has 0 fully saturated rings. The zero-order valence-electron chi connectivity index (χ0n) is 17.5. The minimum absolute atomic E-state index is 0. The maximum atomic E-state index is 13.0. The van der Waals surface area contributed by atoms with Gasteiger partial charge in [-0.1, -0.05) is 17.4 Å². The third-order valence-corrected chi connectivity index (χ3v) is 5.35. The van der Waals surface area contributed by atoms with Gasteiger partial charge in [0.1, 0.15) is 11.6 Å². The van der Waals surface area contributed by atoms with E-state index >= 15 is 0 Å². The number of allylic oxidation sites excluding steroid dienone is 1. The molecule has 0 atom stereocenters. The van der Waals surface area contributed by atoms with Crippen molar-refractivity contribution >= 4 is 58.9 Å². The van der Waals surface area contributed by atoms with E-state index in [2.05, 4.69) is 20.3 Å². The highest BCUT2D eigenvalue weighted by Crippen LogP contribution is 2.30.